The zero-order chi connectivity index (χ0) is 26.8. The quantitative estimate of drug-likeness (QED) is 0.224. The molecule has 0 unspecified atom stereocenters. The van der Waals surface area contributed by atoms with Crippen LogP contribution in [-0.2, 0) is 22.2 Å². The number of nitrogens with two attached hydrogens (primary N) is 1. The summed E-state index contributed by atoms with van der Waals surface area (Å²) in [5, 5.41) is 0.253. The van der Waals surface area contributed by atoms with Gasteiger partial charge in [0.1, 0.15) is 11.5 Å². The number of hydrogen-bond acceptors (Lipinski definition) is 6. The van der Waals surface area contributed by atoms with Gasteiger partial charge in [0.25, 0.3) is 5.16 Å². The van der Waals surface area contributed by atoms with Gasteiger partial charge in [-0.3, -0.25) is 0 Å². The number of rotatable bonds is 3. The highest BCUT2D eigenvalue weighted by atomic mass is 35.5. The van der Waals surface area contributed by atoms with E-state index in [0.717, 1.165) is 12.1 Å². The first-order chi connectivity index (χ1) is 16.5. The number of alkyl halides is 6. The van der Waals surface area contributed by atoms with Crippen molar-refractivity contribution in [2.45, 2.75) is 22.4 Å². The lowest BCUT2D eigenvalue weighted by atomic mass is 10.2. The van der Waals surface area contributed by atoms with Gasteiger partial charge in [-0.2, -0.15) is 31.3 Å². The average Bonchev–Trinajstić information content (AvgIpc) is 3.07. The summed E-state index contributed by atoms with van der Waals surface area (Å²) in [6.07, 6.45) is -10.1. The predicted octanol–water partition coefficient (Wildman–Crippen LogP) is 6.23. The molecule has 0 aliphatic carbocycles. The van der Waals surface area contributed by atoms with Crippen LogP contribution in [-0.4, -0.2) is 28.2 Å². The molecule has 36 heavy (non-hydrogen) atoms. The summed E-state index contributed by atoms with van der Waals surface area (Å²) >= 11 is 17.7. The van der Waals surface area contributed by atoms with Crippen molar-refractivity contribution in [3.8, 4) is 5.69 Å². The number of nitrogen functional groups attached to an aromatic ring is 1. The molecule has 0 spiro atoms. The zero-order valence-corrected chi connectivity index (χ0v) is 20.0. The van der Waals surface area contributed by atoms with Crippen LogP contribution in [0.4, 0.5) is 32.2 Å². The Morgan fingerprint density at radius 1 is 0.889 bits per heavy atom. The Balaban J connectivity index is 2.02. The molecule has 2 N–H and O–H groups in total. The third-order valence-corrected chi connectivity index (χ3v) is 7.07. The second-order valence-electron chi connectivity index (χ2n) is 7.10. The molecule has 0 amide bonds. The van der Waals surface area contributed by atoms with E-state index in [-0.39, 0.29) is 5.02 Å². The van der Waals surface area contributed by atoms with E-state index in [0.29, 0.717) is 16.8 Å². The summed E-state index contributed by atoms with van der Waals surface area (Å²) in [6, 6.07) is 5.58. The maximum Gasteiger partial charge on any atom is 0.434 e. The number of benzene rings is 2. The van der Waals surface area contributed by atoms with Crippen LogP contribution in [0.5, 0.6) is 0 Å². The number of aromatic nitrogens is 4. The fourth-order valence-corrected chi connectivity index (χ4v) is 5.23. The molecule has 0 bridgehead atoms. The third-order valence-electron chi connectivity index (χ3n) is 4.72. The zero-order valence-electron chi connectivity index (χ0n) is 17.0. The maximum atomic E-state index is 13.9. The lowest BCUT2D eigenvalue weighted by Crippen LogP contribution is -2.15. The molecule has 2 aromatic heterocycles. The molecule has 0 aliphatic heterocycles. The SMILES string of the molecule is Nc1c2c(C(F)(F)F)nc(S(=O)(=O)c3cccc(Cl)c3)nc2nn1-c1c(Cl)cc(C(F)(F)F)cc1Cl. The van der Waals surface area contributed by atoms with Gasteiger partial charge in [-0.1, -0.05) is 40.9 Å². The highest BCUT2D eigenvalue weighted by Gasteiger charge is 2.40. The van der Waals surface area contributed by atoms with Gasteiger partial charge in [-0.25, -0.2) is 18.1 Å². The van der Waals surface area contributed by atoms with Gasteiger partial charge < -0.3 is 5.73 Å². The van der Waals surface area contributed by atoms with Crippen LogP contribution in [0.15, 0.2) is 46.5 Å². The van der Waals surface area contributed by atoms with Crippen molar-refractivity contribution in [1.82, 2.24) is 19.7 Å². The first kappa shape index (κ1) is 26.3. The lowest BCUT2D eigenvalue weighted by Gasteiger charge is -2.13. The normalized spacial score (nSPS) is 12.9. The average molecular weight is 591 g/mol. The van der Waals surface area contributed by atoms with Crippen LogP contribution in [0.3, 0.4) is 0 Å². The minimum absolute atomic E-state index is 0.0201. The van der Waals surface area contributed by atoms with Gasteiger partial charge >= 0.3 is 12.4 Å². The van der Waals surface area contributed by atoms with Crippen molar-refractivity contribution in [2.75, 3.05) is 5.73 Å². The van der Waals surface area contributed by atoms with E-state index in [1.165, 1.54) is 12.1 Å². The van der Waals surface area contributed by atoms with Crippen molar-refractivity contribution in [2.24, 2.45) is 0 Å². The van der Waals surface area contributed by atoms with Gasteiger partial charge in [0, 0.05) is 5.02 Å². The van der Waals surface area contributed by atoms with Crippen LogP contribution < -0.4 is 5.73 Å². The number of hydrogen-bond donors (Lipinski definition) is 1. The van der Waals surface area contributed by atoms with Crippen molar-refractivity contribution >= 4 is 61.5 Å². The first-order valence-electron chi connectivity index (χ1n) is 9.22. The number of nitrogens with zero attached hydrogens (tertiary/aromatic N) is 4. The van der Waals surface area contributed by atoms with E-state index in [9.17, 15) is 34.8 Å². The Bertz CT molecular complexity index is 1610. The fraction of sp³-hybridized carbons (Fsp3) is 0.105. The summed E-state index contributed by atoms with van der Waals surface area (Å²) in [5.74, 6) is -0.799. The second-order valence-corrected chi connectivity index (χ2v) is 10.2. The predicted molar refractivity (Wildman–Crippen MR) is 118 cm³/mol. The fourth-order valence-electron chi connectivity index (χ4n) is 3.16. The Hall–Kier alpha value is -2.81. The van der Waals surface area contributed by atoms with E-state index in [2.05, 4.69) is 15.1 Å². The Morgan fingerprint density at radius 3 is 2.03 bits per heavy atom. The van der Waals surface area contributed by atoms with Crippen LogP contribution in [0, 0.1) is 0 Å². The smallest absolute Gasteiger partial charge is 0.383 e. The van der Waals surface area contributed by atoms with E-state index in [1.54, 1.807) is 0 Å². The molecule has 0 aliphatic rings. The third kappa shape index (κ3) is 4.53. The van der Waals surface area contributed by atoms with Crippen LogP contribution in [0.1, 0.15) is 11.3 Å². The summed E-state index contributed by atoms with van der Waals surface area (Å²) < 4.78 is 107. The van der Waals surface area contributed by atoms with Gasteiger partial charge in [-0.05, 0) is 30.3 Å². The van der Waals surface area contributed by atoms with Crippen molar-refractivity contribution < 1.29 is 34.8 Å². The molecular formula is C19H8Cl3F6N5O2S. The molecular weight excluding hydrogens is 583 g/mol. The molecule has 2 heterocycles. The van der Waals surface area contributed by atoms with E-state index in [1.807, 2.05) is 0 Å². The summed E-state index contributed by atoms with van der Waals surface area (Å²) in [5.41, 5.74) is 1.52. The number of sulfone groups is 1. The largest absolute Gasteiger partial charge is 0.434 e. The van der Waals surface area contributed by atoms with Crippen LogP contribution in [0.25, 0.3) is 16.7 Å². The Morgan fingerprint density at radius 2 is 1.50 bits per heavy atom. The van der Waals surface area contributed by atoms with Crippen LogP contribution in [0.2, 0.25) is 15.1 Å². The van der Waals surface area contributed by atoms with Crippen molar-refractivity contribution in [3.05, 3.63) is 62.7 Å². The molecule has 4 aromatic rings. The monoisotopic (exact) mass is 589 g/mol. The summed E-state index contributed by atoms with van der Waals surface area (Å²) in [7, 11) is -4.72. The van der Waals surface area contributed by atoms with E-state index >= 15 is 0 Å². The first-order valence-corrected chi connectivity index (χ1v) is 11.8. The maximum absolute atomic E-state index is 13.9. The highest BCUT2D eigenvalue weighted by Crippen LogP contribution is 2.41. The second kappa shape index (κ2) is 8.64. The molecule has 0 radical (unpaired) electrons. The summed E-state index contributed by atoms with van der Waals surface area (Å²) in [4.78, 5) is 6.33. The van der Waals surface area contributed by atoms with E-state index in [4.69, 9.17) is 40.5 Å². The minimum atomic E-state index is -5.24. The Labute approximate surface area is 212 Å². The highest BCUT2D eigenvalue weighted by molar-refractivity contribution is 7.91. The van der Waals surface area contributed by atoms with Gasteiger partial charge in [0.2, 0.25) is 9.84 Å². The summed E-state index contributed by atoms with van der Waals surface area (Å²) in [6.45, 7) is 0. The molecule has 17 heteroatoms. The molecule has 0 atom stereocenters. The van der Waals surface area contributed by atoms with Gasteiger partial charge in [0.15, 0.2) is 11.3 Å². The molecule has 2 aromatic carbocycles. The minimum Gasteiger partial charge on any atom is -0.383 e. The molecule has 0 fully saturated rings. The molecule has 190 valence electrons. The molecule has 4 rings (SSSR count). The molecule has 0 saturated heterocycles. The number of anilines is 1. The number of fused-ring (bicyclic) bond motifs is 1. The van der Waals surface area contributed by atoms with Gasteiger partial charge in [-0.15, -0.1) is 5.10 Å². The molecule has 0 saturated carbocycles. The van der Waals surface area contributed by atoms with Crippen molar-refractivity contribution in [1.29, 1.82) is 0 Å². The standard InChI is InChI=1S/C19H8Cl3F6N5O2S/c20-8-2-1-3-9(6-8)36(34,35)17-30-14(19(26,27)28)12-15(29)33(32-16(12)31-17)13-10(21)4-7(5-11(13)22)18(23,24)25/h1-6H,29H2. The van der Waals surface area contributed by atoms with Crippen LogP contribution >= 0.6 is 34.8 Å². The lowest BCUT2D eigenvalue weighted by molar-refractivity contribution is -0.140. The van der Waals surface area contributed by atoms with Gasteiger partial charge in [0.05, 0.1) is 25.9 Å². The van der Waals surface area contributed by atoms with Crippen molar-refractivity contribution in [3.63, 3.8) is 0 Å². The molecule has 7 nitrogen and oxygen atoms in total. The topological polar surface area (TPSA) is 104 Å². The number of halogens is 9. The van der Waals surface area contributed by atoms with E-state index < -0.39 is 76.1 Å². The Kier molecular flexibility index (Phi) is 6.30.